The molecule has 1 amide bonds. The smallest absolute Gasteiger partial charge is 0.261 e. The Morgan fingerprint density at radius 2 is 1.71 bits per heavy atom. The van der Waals surface area contributed by atoms with Crippen molar-refractivity contribution in [2.24, 2.45) is 0 Å². The molecule has 0 aliphatic carbocycles. The van der Waals surface area contributed by atoms with Gasteiger partial charge < -0.3 is 5.32 Å². The Morgan fingerprint density at radius 1 is 1.08 bits per heavy atom. The summed E-state index contributed by atoms with van der Waals surface area (Å²) in [5.41, 5.74) is 0.815. The second-order valence-corrected chi connectivity index (χ2v) is 7.10. The van der Waals surface area contributed by atoms with Crippen LogP contribution in [0.1, 0.15) is 29.8 Å². The van der Waals surface area contributed by atoms with Crippen LogP contribution < -0.4 is 10.0 Å². The highest BCUT2D eigenvalue weighted by Gasteiger charge is 2.17. The molecular formula is C17H17N3O3S. The van der Waals surface area contributed by atoms with E-state index in [1.165, 1.54) is 36.4 Å². The zero-order valence-electron chi connectivity index (χ0n) is 13.3. The normalized spacial score (nSPS) is 10.9. The lowest BCUT2D eigenvalue weighted by atomic mass is 10.2. The van der Waals surface area contributed by atoms with E-state index in [1.54, 1.807) is 12.1 Å². The second kappa shape index (κ2) is 7.15. The van der Waals surface area contributed by atoms with Crippen LogP contribution in [0, 0.1) is 11.3 Å². The van der Waals surface area contributed by atoms with Gasteiger partial charge in [-0.15, -0.1) is 0 Å². The number of benzene rings is 2. The first-order chi connectivity index (χ1) is 11.3. The van der Waals surface area contributed by atoms with Crippen LogP contribution in [0.5, 0.6) is 0 Å². The summed E-state index contributed by atoms with van der Waals surface area (Å²) in [5.74, 6) is -0.267. The summed E-state index contributed by atoms with van der Waals surface area (Å²) in [5, 5.41) is 11.8. The monoisotopic (exact) mass is 343 g/mol. The van der Waals surface area contributed by atoms with Crippen molar-refractivity contribution in [3.63, 3.8) is 0 Å². The molecule has 0 fully saturated rings. The fraction of sp³-hybridized carbons (Fsp3) is 0.176. The number of nitrogens with zero attached hydrogens (tertiary/aromatic N) is 1. The van der Waals surface area contributed by atoms with E-state index in [-0.39, 0.29) is 28.1 Å². The zero-order chi connectivity index (χ0) is 17.7. The molecule has 0 bridgehead atoms. The number of carbonyl (C=O) groups excluding carboxylic acids is 1. The molecule has 124 valence electrons. The highest BCUT2D eigenvalue weighted by Crippen LogP contribution is 2.19. The van der Waals surface area contributed by atoms with Crippen LogP contribution in [0.15, 0.2) is 53.4 Å². The lowest BCUT2D eigenvalue weighted by molar-refractivity contribution is 0.0943. The van der Waals surface area contributed by atoms with Gasteiger partial charge in [0.2, 0.25) is 0 Å². The highest BCUT2D eigenvalue weighted by molar-refractivity contribution is 7.92. The first-order valence-electron chi connectivity index (χ1n) is 7.26. The van der Waals surface area contributed by atoms with Crippen molar-refractivity contribution in [2.75, 3.05) is 4.72 Å². The predicted molar refractivity (Wildman–Crippen MR) is 91.0 cm³/mol. The van der Waals surface area contributed by atoms with E-state index in [4.69, 9.17) is 5.26 Å². The maximum absolute atomic E-state index is 12.4. The molecule has 0 saturated heterocycles. The van der Waals surface area contributed by atoms with Gasteiger partial charge in [0.25, 0.3) is 15.9 Å². The van der Waals surface area contributed by atoms with E-state index in [1.807, 2.05) is 19.9 Å². The maximum Gasteiger partial charge on any atom is 0.261 e. The summed E-state index contributed by atoms with van der Waals surface area (Å²) >= 11 is 0. The van der Waals surface area contributed by atoms with Gasteiger partial charge in [0, 0.05) is 11.6 Å². The van der Waals surface area contributed by atoms with Crippen molar-refractivity contribution < 1.29 is 13.2 Å². The molecule has 0 heterocycles. The van der Waals surface area contributed by atoms with Crippen LogP contribution in [0.2, 0.25) is 0 Å². The predicted octanol–water partition coefficient (Wildman–Crippen LogP) is 2.50. The minimum Gasteiger partial charge on any atom is -0.350 e. The number of nitrogens with one attached hydrogen (secondary N) is 2. The lowest BCUT2D eigenvalue weighted by Gasteiger charge is -2.11. The zero-order valence-corrected chi connectivity index (χ0v) is 14.1. The fourth-order valence-corrected chi connectivity index (χ4v) is 3.08. The van der Waals surface area contributed by atoms with E-state index in [9.17, 15) is 13.2 Å². The average Bonchev–Trinajstić information content (AvgIpc) is 2.54. The van der Waals surface area contributed by atoms with Gasteiger partial charge in [0.15, 0.2) is 0 Å². The van der Waals surface area contributed by atoms with Gasteiger partial charge in [-0.2, -0.15) is 5.26 Å². The largest absolute Gasteiger partial charge is 0.350 e. The summed E-state index contributed by atoms with van der Waals surface area (Å²) in [6, 6.07) is 13.9. The molecule has 2 aromatic carbocycles. The SMILES string of the molecule is CC(C)NC(=O)c1ccc(S(=O)(=O)Nc2ccccc2C#N)cc1. The molecule has 0 saturated carbocycles. The molecule has 0 aliphatic rings. The Bertz CT molecular complexity index is 882. The third-order valence-electron chi connectivity index (χ3n) is 3.14. The molecular weight excluding hydrogens is 326 g/mol. The molecule has 0 aliphatic heterocycles. The number of anilines is 1. The third-order valence-corrected chi connectivity index (χ3v) is 4.52. The van der Waals surface area contributed by atoms with Gasteiger partial charge >= 0.3 is 0 Å². The molecule has 7 heteroatoms. The van der Waals surface area contributed by atoms with E-state index in [0.717, 1.165) is 0 Å². The fourth-order valence-electron chi connectivity index (χ4n) is 2.00. The van der Waals surface area contributed by atoms with Gasteiger partial charge in [-0.05, 0) is 50.2 Å². The Labute approximate surface area is 141 Å². The van der Waals surface area contributed by atoms with Crippen molar-refractivity contribution in [2.45, 2.75) is 24.8 Å². The molecule has 2 rings (SSSR count). The van der Waals surface area contributed by atoms with Gasteiger partial charge in [-0.1, -0.05) is 12.1 Å². The molecule has 0 unspecified atom stereocenters. The lowest BCUT2D eigenvalue weighted by Crippen LogP contribution is -2.30. The van der Waals surface area contributed by atoms with E-state index in [2.05, 4.69) is 10.0 Å². The quantitative estimate of drug-likeness (QED) is 0.871. The van der Waals surface area contributed by atoms with Crippen LogP contribution in [0.25, 0.3) is 0 Å². The topological polar surface area (TPSA) is 99.1 Å². The number of amides is 1. The maximum atomic E-state index is 12.4. The number of sulfonamides is 1. The Balaban J connectivity index is 2.24. The Hall–Kier alpha value is -2.85. The molecule has 6 nitrogen and oxygen atoms in total. The van der Waals surface area contributed by atoms with Crippen molar-refractivity contribution in [1.82, 2.24) is 5.32 Å². The summed E-state index contributed by atoms with van der Waals surface area (Å²) < 4.78 is 27.2. The van der Waals surface area contributed by atoms with Crippen LogP contribution in [0.4, 0.5) is 5.69 Å². The van der Waals surface area contributed by atoms with Crippen molar-refractivity contribution in [3.05, 3.63) is 59.7 Å². The average molecular weight is 343 g/mol. The molecule has 24 heavy (non-hydrogen) atoms. The van der Waals surface area contributed by atoms with Crippen molar-refractivity contribution in [1.29, 1.82) is 5.26 Å². The summed E-state index contributed by atoms with van der Waals surface area (Å²) in [6.45, 7) is 3.68. The molecule has 0 radical (unpaired) electrons. The Morgan fingerprint density at radius 3 is 2.29 bits per heavy atom. The van der Waals surface area contributed by atoms with Crippen molar-refractivity contribution in [3.8, 4) is 6.07 Å². The number of carbonyl (C=O) groups is 1. The van der Waals surface area contributed by atoms with Gasteiger partial charge in [0.05, 0.1) is 16.1 Å². The second-order valence-electron chi connectivity index (χ2n) is 5.42. The van der Waals surface area contributed by atoms with Crippen LogP contribution in [-0.2, 0) is 10.0 Å². The molecule has 0 spiro atoms. The van der Waals surface area contributed by atoms with E-state index < -0.39 is 10.0 Å². The van der Waals surface area contributed by atoms with Crippen LogP contribution in [-0.4, -0.2) is 20.4 Å². The van der Waals surface area contributed by atoms with Gasteiger partial charge in [-0.3, -0.25) is 9.52 Å². The highest BCUT2D eigenvalue weighted by atomic mass is 32.2. The van der Waals surface area contributed by atoms with Crippen LogP contribution in [0.3, 0.4) is 0 Å². The molecule has 2 aromatic rings. The standard InChI is InChI=1S/C17H17N3O3S/c1-12(2)19-17(21)13-7-9-15(10-8-13)24(22,23)20-16-6-4-3-5-14(16)11-18/h3-10,12,20H,1-2H3,(H,19,21). The van der Waals surface area contributed by atoms with Gasteiger partial charge in [-0.25, -0.2) is 8.42 Å². The molecule has 2 N–H and O–H groups in total. The summed E-state index contributed by atoms with van der Waals surface area (Å²) in [6.07, 6.45) is 0. The molecule has 0 atom stereocenters. The first-order valence-corrected chi connectivity index (χ1v) is 8.74. The van der Waals surface area contributed by atoms with Crippen molar-refractivity contribution >= 4 is 21.6 Å². The number of rotatable bonds is 5. The number of hydrogen-bond acceptors (Lipinski definition) is 4. The van der Waals surface area contributed by atoms with Crippen LogP contribution >= 0.6 is 0 Å². The number of hydrogen-bond donors (Lipinski definition) is 2. The summed E-state index contributed by atoms with van der Waals surface area (Å²) in [7, 11) is -3.84. The van der Waals surface area contributed by atoms with E-state index >= 15 is 0 Å². The number of para-hydroxylation sites is 1. The minimum atomic E-state index is -3.84. The third kappa shape index (κ3) is 4.12. The summed E-state index contributed by atoms with van der Waals surface area (Å²) in [4.78, 5) is 11.9. The molecule has 0 aromatic heterocycles. The minimum absolute atomic E-state index is 0.00920. The van der Waals surface area contributed by atoms with Gasteiger partial charge in [0.1, 0.15) is 6.07 Å². The Kier molecular flexibility index (Phi) is 5.21. The van der Waals surface area contributed by atoms with E-state index in [0.29, 0.717) is 5.56 Å². The number of nitriles is 1. The first kappa shape index (κ1) is 17.5.